The quantitative estimate of drug-likeness (QED) is 0.889. The summed E-state index contributed by atoms with van der Waals surface area (Å²) in [5.74, 6) is 1.45. The predicted molar refractivity (Wildman–Crippen MR) is 70.3 cm³/mol. The summed E-state index contributed by atoms with van der Waals surface area (Å²) < 4.78 is 11.5. The van der Waals surface area contributed by atoms with Gasteiger partial charge in [-0.05, 0) is 19.9 Å². The number of methoxy groups -OCH3 is 1. The summed E-state index contributed by atoms with van der Waals surface area (Å²) in [7, 11) is 1.63. The number of benzene rings is 1. The molecule has 102 valence electrons. The molecule has 2 aliphatic heterocycles. The van der Waals surface area contributed by atoms with Crippen molar-refractivity contribution in [2.45, 2.75) is 32.0 Å². The zero-order valence-corrected chi connectivity index (χ0v) is 11.4. The number of carbonyl (C=O) groups is 1. The summed E-state index contributed by atoms with van der Waals surface area (Å²) >= 11 is 0. The van der Waals surface area contributed by atoms with E-state index in [2.05, 4.69) is 5.32 Å². The number of amides is 2. The highest BCUT2D eigenvalue weighted by molar-refractivity contribution is 5.77. The van der Waals surface area contributed by atoms with Crippen molar-refractivity contribution in [1.82, 2.24) is 10.2 Å². The minimum Gasteiger partial charge on any atom is -0.493 e. The van der Waals surface area contributed by atoms with Crippen LogP contribution in [0.15, 0.2) is 18.2 Å². The number of rotatable bonds is 2. The van der Waals surface area contributed by atoms with Crippen LogP contribution in [0.4, 0.5) is 4.79 Å². The monoisotopic (exact) mass is 262 g/mol. The van der Waals surface area contributed by atoms with Gasteiger partial charge in [-0.25, -0.2) is 4.79 Å². The van der Waals surface area contributed by atoms with Gasteiger partial charge in [0.25, 0.3) is 0 Å². The van der Waals surface area contributed by atoms with Gasteiger partial charge >= 0.3 is 6.03 Å². The van der Waals surface area contributed by atoms with E-state index in [0.29, 0.717) is 12.3 Å². The maximum Gasteiger partial charge on any atom is 0.320 e. The smallest absolute Gasteiger partial charge is 0.320 e. The van der Waals surface area contributed by atoms with Crippen molar-refractivity contribution in [1.29, 1.82) is 0 Å². The van der Waals surface area contributed by atoms with Gasteiger partial charge in [0, 0.05) is 18.5 Å². The maximum atomic E-state index is 12.1. The van der Waals surface area contributed by atoms with Crippen LogP contribution in [0.2, 0.25) is 0 Å². The number of hydrogen-bond donors (Lipinski definition) is 1. The summed E-state index contributed by atoms with van der Waals surface area (Å²) in [6.45, 7) is 4.52. The second-order valence-electron chi connectivity index (χ2n) is 5.11. The summed E-state index contributed by atoms with van der Waals surface area (Å²) in [6.07, 6.45) is 0.743. The Bertz CT molecular complexity index is 531. The highest BCUT2D eigenvalue weighted by atomic mass is 16.5. The van der Waals surface area contributed by atoms with Crippen LogP contribution in [0.25, 0.3) is 0 Å². The van der Waals surface area contributed by atoms with Crippen LogP contribution in [-0.2, 0) is 0 Å². The highest BCUT2D eigenvalue weighted by Gasteiger charge is 2.49. The van der Waals surface area contributed by atoms with E-state index in [-0.39, 0.29) is 12.1 Å². The average molecular weight is 262 g/mol. The summed E-state index contributed by atoms with van der Waals surface area (Å²) in [5, 5.41) is 3.03. The molecule has 0 spiro atoms. The first-order valence-electron chi connectivity index (χ1n) is 6.53. The third kappa shape index (κ3) is 1.64. The van der Waals surface area contributed by atoms with Gasteiger partial charge in [0.1, 0.15) is 0 Å². The Morgan fingerprint density at radius 3 is 3.05 bits per heavy atom. The van der Waals surface area contributed by atoms with E-state index < -0.39 is 5.72 Å². The topological polar surface area (TPSA) is 50.8 Å². The van der Waals surface area contributed by atoms with Crippen molar-refractivity contribution in [2.75, 3.05) is 13.7 Å². The lowest BCUT2D eigenvalue weighted by atomic mass is 9.90. The third-order valence-electron chi connectivity index (χ3n) is 3.94. The average Bonchev–Trinajstić information content (AvgIpc) is 2.37. The molecular formula is C14H18N2O3. The Hall–Kier alpha value is -1.91. The molecule has 1 aromatic carbocycles. The molecule has 5 heteroatoms. The Labute approximate surface area is 112 Å². The van der Waals surface area contributed by atoms with Gasteiger partial charge in [-0.15, -0.1) is 0 Å². The SMILES string of the molecule is CCN1C(=O)NC2CC1(C)Oc1c(OC)cccc12. The zero-order valence-electron chi connectivity index (χ0n) is 11.4. The van der Waals surface area contributed by atoms with Crippen LogP contribution in [-0.4, -0.2) is 30.3 Å². The molecule has 2 atom stereocenters. The van der Waals surface area contributed by atoms with Crippen molar-refractivity contribution in [3.8, 4) is 11.5 Å². The second-order valence-corrected chi connectivity index (χ2v) is 5.11. The Kier molecular flexibility index (Phi) is 2.59. The Balaban J connectivity index is 2.11. The number of nitrogens with zero attached hydrogens (tertiary/aromatic N) is 1. The van der Waals surface area contributed by atoms with E-state index in [1.807, 2.05) is 32.0 Å². The first-order chi connectivity index (χ1) is 9.09. The molecule has 3 rings (SSSR count). The molecule has 1 saturated heterocycles. The highest BCUT2D eigenvalue weighted by Crippen LogP contribution is 2.47. The molecule has 2 heterocycles. The molecule has 2 unspecified atom stereocenters. The normalized spacial score (nSPS) is 28.3. The lowest BCUT2D eigenvalue weighted by molar-refractivity contribution is -0.0828. The van der Waals surface area contributed by atoms with Gasteiger partial charge in [-0.1, -0.05) is 12.1 Å². The van der Waals surface area contributed by atoms with Crippen molar-refractivity contribution < 1.29 is 14.3 Å². The summed E-state index contributed by atoms with van der Waals surface area (Å²) in [4.78, 5) is 13.8. The van der Waals surface area contributed by atoms with Crippen LogP contribution in [0.1, 0.15) is 31.9 Å². The molecular weight excluding hydrogens is 244 g/mol. The summed E-state index contributed by atoms with van der Waals surface area (Å²) in [6, 6.07) is 5.68. The largest absolute Gasteiger partial charge is 0.493 e. The molecule has 0 saturated carbocycles. The minimum atomic E-state index is -0.608. The fourth-order valence-electron chi connectivity index (χ4n) is 3.04. The number of urea groups is 1. The Morgan fingerprint density at radius 2 is 2.37 bits per heavy atom. The zero-order chi connectivity index (χ0) is 13.6. The Morgan fingerprint density at radius 1 is 1.58 bits per heavy atom. The van der Waals surface area contributed by atoms with Crippen LogP contribution in [0.3, 0.4) is 0 Å². The van der Waals surface area contributed by atoms with Crippen LogP contribution < -0.4 is 14.8 Å². The van der Waals surface area contributed by atoms with E-state index in [9.17, 15) is 4.79 Å². The summed E-state index contributed by atoms with van der Waals surface area (Å²) in [5.41, 5.74) is 0.379. The molecule has 0 aliphatic carbocycles. The number of ether oxygens (including phenoxy) is 2. The number of carbonyl (C=O) groups excluding carboxylic acids is 1. The van der Waals surface area contributed by atoms with E-state index in [1.165, 1.54) is 0 Å². The molecule has 2 aliphatic rings. The van der Waals surface area contributed by atoms with Gasteiger partial charge in [-0.2, -0.15) is 0 Å². The van der Waals surface area contributed by atoms with E-state index >= 15 is 0 Å². The van der Waals surface area contributed by atoms with E-state index in [0.717, 1.165) is 17.7 Å². The van der Waals surface area contributed by atoms with Gasteiger partial charge in [-0.3, -0.25) is 4.90 Å². The standard InChI is InChI=1S/C14H18N2O3/c1-4-16-13(17)15-10-8-14(16,2)19-12-9(10)6-5-7-11(12)18-3/h5-7,10H,4,8H2,1-3H3,(H,15,17). The van der Waals surface area contributed by atoms with Gasteiger partial charge < -0.3 is 14.8 Å². The molecule has 2 amide bonds. The van der Waals surface area contributed by atoms with Crippen molar-refractivity contribution in [3.63, 3.8) is 0 Å². The number of nitrogens with one attached hydrogen (secondary N) is 1. The second kappa shape index (κ2) is 4.05. The first-order valence-corrected chi connectivity index (χ1v) is 6.53. The minimum absolute atomic E-state index is 0.0147. The van der Waals surface area contributed by atoms with Crippen molar-refractivity contribution >= 4 is 6.03 Å². The van der Waals surface area contributed by atoms with Crippen LogP contribution >= 0.6 is 0 Å². The molecule has 5 nitrogen and oxygen atoms in total. The molecule has 19 heavy (non-hydrogen) atoms. The van der Waals surface area contributed by atoms with Gasteiger partial charge in [0.15, 0.2) is 17.2 Å². The first kappa shape index (κ1) is 12.1. The van der Waals surface area contributed by atoms with Crippen LogP contribution in [0, 0.1) is 0 Å². The lowest BCUT2D eigenvalue weighted by Gasteiger charge is -2.50. The number of fused-ring (bicyclic) bond motifs is 4. The van der Waals surface area contributed by atoms with E-state index in [4.69, 9.17) is 9.47 Å². The number of hydrogen-bond acceptors (Lipinski definition) is 3. The fraction of sp³-hybridized carbons (Fsp3) is 0.500. The van der Waals surface area contributed by atoms with Gasteiger partial charge in [0.05, 0.1) is 13.2 Å². The van der Waals surface area contributed by atoms with Gasteiger partial charge in [0.2, 0.25) is 0 Å². The van der Waals surface area contributed by atoms with Crippen molar-refractivity contribution in [3.05, 3.63) is 23.8 Å². The van der Waals surface area contributed by atoms with Crippen molar-refractivity contribution in [2.24, 2.45) is 0 Å². The van der Waals surface area contributed by atoms with E-state index in [1.54, 1.807) is 12.0 Å². The molecule has 0 radical (unpaired) electrons. The molecule has 0 aromatic heterocycles. The lowest BCUT2D eigenvalue weighted by Crippen LogP contribution is -2.64. The molecule has 2 bridgehead atoms. The predicted octanol–water partition coefficient (Wildman–Crippen LogP) is 2.28. The van der Waals surface area contributed by atoms with Crippen LogP contribution in [0.5, 0.6) is 11.5 Å². The fourth-order valence-corrected chi connectivity index (χ4v) is 3.04. The molecule has 1 aromatic rings. The molecule has 1 N–H and O–H groups in total. The molecule has 1 fully saturated rings. The third-order valence-corrected chi connectivity index (χ3v) is 3.94. The maximum absolute atomic E-state index is 12.1. The number of para-hydroxylation sites is 1.